The minimum absolute atomic E-state index is 0.167. The van der Waals surface area contributed by atoms with Crippen molar-refractivity contribution in [3.8, 4) is 0 Å². The summed E-state index contributed by atoms with van der Waals surface area (Å²) in [6, 6.07) is 0.167. The molecular weight excluding hydrogens is 143 g/mol. The van der Waals surface area contributed by atoms with Gasteiger partial charge in [-0.25, -0.2) is 4.39 Å². The molecule has 0 aromatic heterocycles. The van der Waals surface area contributed by atoms with Crippen LogP contribution in [0, 0.1) is 0 Å². The Bertz CT molecular complexity index is 115. The van der Waals surface area contributed by atoms with Gasteiger partial charge in [0.1, 0.15) is 6.17 Å². The first-order chi connectivity index (χ1) is 5.18. The lowest BCUT2D eigenvalue weighted by molar-refractivity contribution is 0.134. The highest BCUT2D eigenvalue weighted by molar-refractivity contribution is 4.74. The number of piperidine rings is 1. The number of hydrogen-bond donors (Lipinski definition) is 1. The SMILES string of the molecule is CC(N)CN1CCCC(F)C1. The van der Waals surface area contributed by atoms with Crippen LogP contribution in [0.5, 0.6) is 0 Å². The maximum absolute atomic E-state index is 12.8. The summed E-state index contributed by atoms with van der Waals surface area (Å²) in [7, 11) is 0. The summed E-state index contributed by atoms with van der Waals surface area (Å²) in [5.74, 6) is 0. The third-order valence-electron chi connectivity index (χ3n) is 1.99. The highest BCUT2D eigenvalue weighted by Gasteiger charge is 2.18. The molecule has 0 amide bonds. The summed E-state index contributed by atoms with van der Waals surface area (Å²) in [6.45, 7) is 4.39. The molecular formula is C8H17FN2. The van der Waals surface area contributed by atoms with E-state index in [4.69, 9.17) is 5.73 Å². The van der Waals surface area contributed by atoms with Gasteiger partial charge in [-0.15, -0.1) is 0 Å². The van der Waals surface area contributed by atoms with E-state index in [-0.39, 0.29) is 6.04 Å². The topological polar surface area (TPSA) is 29.3 Å². The standard InChI is InChI=1S/C8H17FN2/c1-7(10)5-11-4-2-3-8(9)6-11/h7-8H,2-6,10H2,1H3. The van der Waals surface area contributed by atoms with E-state index in [1.165, 1.54) is 0 Å². The fourth-order valence-corrected chi connectivity index (χ4v) is 1.57. The van der Waals surface area contributed by atoms with Gasteiger partial charge in [0.15, 0.2) is 0 Å². The lowest BCUT2D eigenvalue weighted by Crippen LogP contribution is -2.42. The molecule has 1 aliphatic rings. The molecule has 1 heterocycles. The minimum atomic E-state index is -0.623. The molecule has 1 rings (SSSR count). The summed E-state index contributed by atoms with van der Waals surface area (Å²) >= 11 is 0. The molecule has 66 valence electrons. The zero-order chi connectivity index (χ0) is 8.27. The Morgan fingerprint density at radius 3 is 3.00 bits per heavy atom. The molecule has 3 heteroatoms. The number of halogens is 1. The molecule has 0 aromatic rings. The molecule has 0 radical (unpaired) electrons. The summed E-state index contributed by atoms with van der Waals surface area (Å²) in [6.07, 6.45) is 1.09. The molecule has 0 aliphatic carbocycles. The Kier molecular flexibility index (Phi) is 3.27. The van der Waals surface area contributed by atoms with Crippen molar-refractivity contribution >= 4 is 0 Å². The highest BCUT2D eigenvalue weighted by atomic mass is 19.1. The first-order valence-electron chi connectivity index (χ1n) is 4.30. The molecule has 11 heavy (non-hydrogen) atoms. The van der Waals surface area contributed by atoms with Crippen LogP contribution in [0.1, 0.15) is 19.8 Å². The van der Waals surface area contributed by atoms with E-state index in [2.05, 4.69) is 4.90 Å². The van der Waals surface area contributed by atoms with Gasteiger partial charge < -0.3 is 5.73 Å². The molecule has 2 N–H and O–H groups in total. The molecule has 1 saturated heterocycles. The van der Waals surface area contributed by atoms with Gasteiger partial charge in [0, 0.05) is 19.1 Å². The van der Waals surface area contributed by atoms with Crippen LogP contribution in [-0.2, 0) is 0 Å². The van der Waals surface area contributed by atoms with Crippen molar-refractivity contribution < 1.29 is 4.39 Å². The maximum Gasteiger partial charge on any atom is 0.113 e. The Balaban J connectivity index is 2.23. The second-order valence-corrected chi connectivity index (χ2v) is 3.48. The van der Waals surface area contributed by atoms with Crippen molar-refractivity contribution in [1.29, 1.82) is 0 Å². The average molecular weight is 160 g/mol. The van der Waals surface area contributed by atoms with E-state index in [0.29, 0.717) is 6.54 Å². The van der Waals surface area contributed by atoms with Crippen LogP contribution >= 0.6 is 0 Å². The summed E-state index contributed by atoms with van der Waals surface area (Å²) < 4.78 is 12.8. The summed E-state index contributed by atoms with van der Waals surface area (Å²) in [5.41, 5.74) is 5.60. The van der Waals surface area contributed by atoms with E-state index < -0.39 is 6.17 Å². The molecule has 0 aromatic carbocycles. The van der Waals surface area contributed by atoms with Gasteiger partial charge in [-0.05, 0) is 26.3 Å². The van der Waals surface area contributed by atoms with E-state index in [0.717, 1.165) is 25.9 Å². The van der Waals surface area contributed by atoms with Gasteiger partial charge in [0.25, 0.3) is 0 Å². The molecule has 2 nitrogen and oxygen atoms in total. The normalized spacial score (nSPS) is 30.3. The second-order valence-electron chi connectivity index (χ2n) is 3.48. The number of nitrogens with zero attached hydrogens (tertiary/aromatic N) is 1. The molecule has 2 atom stereocenters. The number of rotatable bonds is 2. The quantitative estimate of drug-likeness (QED) is 0.646. The van der Waals surface area contributed by atoms with Crippen LogP contribution in [0.3, 0.4) is 0 Å². The van der Waals surface area contributed by atoms with Gasteiger partial charge >= 0.3 is 0 Å². The van der Waals surface area contributed by atoms with E-state index in [9.17, 15) is 4.39 Å². The molecule has 1 aliphatic heterocycles. The summed E-state index contributed by atoms with van der Waals surface area (Å²) in [4.78, 5) is 2.11. The third kappa shape index (κ3) is 3.16. The second kappa shape index (κ2) is 4.02. The smallest absolute Gasteiger partial charge is 0.113 e. The van der Waals surface area contributed by atoms with Crippen molar-refractivity contribution in [2.75, 3.05) is 19.6 Å². The van der Waals surface area contributed by atoms with Crippen LogP contribution in [0.25, 0.3) is 0 Å². The first-order valence-corrected chi connectivity index (χ1v) is 4.30. The molecule has 0 bridgehead atoms. The van der Waals surface area contributed by atoms with Gasteiger partial charge in [-0.1, -0.05) is 0 Å². The monoisotopic (exact) mass is 160 g/mol. The Morgan fingerprint density at radius 2 is 2.45 bits per heavy atom. The zero-order valence-corrected chi connectivity index (χ0v) is 7.09. The maximum atomic E-state index is 12.8. The Hall–Kier alpha value is -0.150. The third-order valence-corrected chi connectivity index (χ3v) is 1.99. The van der Waals surface area contributed by atoms with Crippen molar-refractivity contribution in [2.24, 2.45) is 5.73 Å². The number of alkyl halides is 1. The van der Waals surface area contributed by atoms with Crippen LogP contribution in [0.4, 0.5) is 4.39 Å². The fourth-order valence-electron chi connectivity index (χ4n) is 1.57. The summed E-state index contributed by atoms with van der Waals surface area (Å²) in [5, 5.41) is 0. The number of hydrogen-bond acceptors (Lipinski definition) is 2. The Morgan fingerprint density at radius 1 is 1.73 bits per heavy atom. The molecule has 1 fully saturated rings. The average Bonchev–Trinajstić information content (AvgIpc) is 1.85. The zero-order valence-electron chi connectivity index (χ0n) is 7.09. The van der Waals surface area contributed by atoms with Crippen LogP contribution in [-0.4, -0.2) is 36.7 Å². The van der Waals surface area contributed by atoms with Crippen molar-refractivity contribution in [3.63, 3.8) is 0 Å². The highest BCUT2D eigenvalue weighted by Crippen LogP contribution is 2.12. The van der Waals surface area contributed by atoms with Gasteiger partial charge in [-0.2, -0.15) is 0 Å². The van der Waals surface area contributed by atoms with E-state index in [1.54, 1.807) is 0 Å². The predicted molar refractivity (Wildman–Crippen MR) is 44.2 cm³/mol. The molecule has 0 spiro atoms. The van der Waals surface area contributed by atoms with Gasteiger partial charge in [-0.3, -0.25) is 4.90 Å². The number of nitrogens with two attached hydrogens (primary N) is 1. The van der Waals surface area contributed by atoms with Gasteiger partial charge in [0.05, 0.1) is 0 Å². The van der Waals surface area contributed by atoms with Crippen LogP contribution in [0.2, 0.25) is 0 Å². The minimum Gasteiger partial charge on any atom is -0.327 e. The fraction of sp³-hybridized carbons (Fsp3) is 1.00. The molecule has 0 saturated carbocycles. The largest absolute Gasteiger partial charge is 0.327 e. The van der Waals surface area contributed by atoms with E-state index in [1.807, 2.05) is 6.92 Å². The van der Waals surface area contributed by atoms with Crippen LogP contribution in [0.15, 0.2) is 0 Å². The van der Waals surface area contributed by atoms with Gasteiger partial charge in [0.2, 0.25) is 0 Å². The number of likely N-dealkylation sites (tertiary alicyclic amines) is 1. The lowest BCUT2D eigenvalue weighted by atomic mass is 10.1. The van der Waals surface area contributed by atoms with Crippen LogP contribution < -0.4 is 5.73 Å². The first kappa shape index (κ1) is 8.94. The lowest BCUT2D eigenvalue weighted by Gasteiger charge is -2.29. The van der Waals surface area contributed by atoms with Crippen molar-refractivity contribution in [3.05, 3.63) is 0 Å². The van der Waals surface area contributed by atoms with E-state index >= 15 is 0 Å². The van der Waals surface area contributed by atoms with Crippen molar-refractivity contribution in [2.45, 2.75) is 32.0 Å². The molecule has 2 unspecified atom stereocenters. The van der Waals surface area contributed by atoms with Crippen molar-refractivity contribution in [1.82, 2.24) is 4.90 Å². The predicted octanol–water partition coefficient (Wildman–Crippen LogP) is 0.767. The Labute approximate surface area is 67.6 Å².